The van der Waals surface area contributed by atoms with E-state index in [2.05, 4.69) is 6.92 Å². The molecule has 1 aromatic carbocycles. The summed E-state index contributed by atoms with van der Waals surface area (Å²) in [5.41, 5.74) is 0.421. The van der Waals surface area contributed by atoms with Gasteiger partial charge in [-0.2, -0.15) is 8.42 Å². The van der Waals surface area contributed by atoms with Crippen LogP contribution in [0.2, 0.25) is 0 Å². The highest BCUT2D eigenvalue weighted by atomic mass is 32.2. The second-order valence-electron chi connectivity index (χ2n) is 12.6. The second kappa shape index (κ2) is 8.86. The molecule has 0 spiro atoms. The van der Waals surface area contributed by atoms with Crippen molar-refractivity contribution in [1.82, 2.24) is 0 Å². The van der Waals surface area contributed by atoms with Crippen LogP contribution in [0.15, 0.2) is 53.0 Å². The van der Waals surface area contributed by atoms with Crippen molar-refractivity contribution in [2.75, 3.05) is 6.61 Å². The molecule has 9 atom stereocenters. The van der Waals surface area contributed by atoms with Gasteiger partial charge in [-0.3, -0.25) is 8.98 Å². The lowest BCUT2D eigenvalue weighted by atomic mass is 9.48. The minimum absolute atomic E-state index is 0.00421. The van der Waals surface area contributed by atoms with Gasteiger partial charge in [0.2, 0.25) is 0 Å². The maximum Gasteiger partial charge on any atom is 0.328 e. The lowest BCUT2D eigenvalue weighted by Crippen LogP contribution is -2.55. The number of hydrogen-bond donors (Lipinski definition) is 2. The number of aliphatic hydroxyl groups is 1. The summed E-state index contributed by atoms with van der Waals surface area (Å²) in [5.74, 6) is 0.344. The van der Waals surface area contributed by atoms with Gasteiger partial charge in [-0.15, -0.1) is 0 Å². The molecule has 0 saturated heterocycles. The van der Waals surface area contributed by atoms with E-state index in [0.29, 0.717) is 24.7 Å². The van der Waals surface area contributed by atoms with E-state index in [1.165, 1.54) is 6.08 Å². The number of hydrogen-bond acceptors (Lipinski definition) is 6. The summed E-state index contributed by atoms with van der Waals surface area (Å²) in [6.07, 6.45) is 8.98. The van der Waals surface area contributed by atoms with Crippen LogP contribution in [-0.4, -0.2) is 42.6 Å². The Balaban J connectivity index is 1.30. The maximum absolute atomic E-state index is 13.0. The number of aryl methyl sites for hydroxylation is 1. The van der Waals surface area contributed by atoms with Crippen molar-refractivity contribution in [3.05, 3.63) is 53.6 Å². The third-order valence-electron chi connectivity index (χ3n) is 10.7. The van der Waals surface area contributed by atoms with E-state index >= 15 is 0 Å². The van der Waals surface area contributed by atoms with Gasteiger partial charge in [-0.25, -0.2) is 4.79 Å². The Bertz CT molecular complexity index is 1330. The quantitative estimate of drug-likeness (QED) is 0.408. The predicted octanol–water partition coefficient (Wildman–Crippen LogP) is 4.30. The number of carbonyl (C=O) groups excluding carboxylic acids is 1. The third-order valence-corrected chi connectivity index (χ3v) is 12.0. The lowest BCUT2D eigenvalue weighted by molar-refractivity contribution is -0.132. The summed E-state index contributed by atoms with van der Waals surface area (Å²) < 4.78 is 31.6. The van der Waals surface area contributed by atoms with Crippen LogP contribution in [0.1, 0.15) is 51.0 Å². The van der Waals surface area contributed by atoms with Gasteiger partial charge >= 0.3 is 5.97 Å². The van der Waals surface area contributed by atoms with Crippen LogP contribution in [0.25, 0.3) is 0 Å². The molecule has 7 nitrogen and oxygen atoms in total. The van der Waals surface area contributed by atoms with Gasteiger partial charge in [-0.05, 0) is 98.8 Å². The van der Waals surface area contributed by atoms with Crippen molar-refractivity contribution in [1.29, 1.82) is 0 Å². The first-order valence-corrected chi connectivity index (χ1v) is 15.2. The fourth-order valence-electron chi connectivity index (χ4n) is 9.00. The standard InChI is InChI=1S/C30H36O7S/c1-17-3-6-20(7-4-17)38(35,36)37-16-18-13-24-22(21-8-5-19(31)14-23(18)21)9-11-29(2)28(24)25-15-26(25)30(29,34)12-10-27(32)33/h3-4,6-7,10,12,14,18,21-22,24-26,28,34H,5,8-9,11,13,15-16H2,1-2H3,(H,32,33)/b12-10-/t18-,21+,22+,24+,25+,26-,28+,29-,30-/m0/s1. The molecule has 4 fully saturated rings. The number of aliphatic carboxylic acids is 1. The van der Waals surface area contributed by atoms with Gasteiger partial charge in [0.25, 0.3) is 10.1 Å². The predicted molar refractivity (Wildman–Crippen MR) is 139 cm³/mol. The van der Waals surface area contributed by atoms with Gasteiger partial charge < -0.3 is 10.2 Å². The van der Waals surface area contributed by atoms with Crippen molar-refractivity contribution in [2.45, 2.75) is 62.9 Å². The number of ketones is 1. The summed E-state index contributed by atoms with van der Waals surface area (Å²) >= 11 is 0. The first kappa shape index (κ1) is 26.0. The summed E-state index contributed by atoms with van der Waals surface area (Å²) in [6, 6.07) is 6.60. The lowest BCUT2D eigenvalue weighted by Gasteiger charge is -2.58. The van der Waals surface area contributed by atoms with E-state index in [1.54, 1.807) is 30.3 Å². The number of carbonyl (C=O) groups is 2. The van der Waals surface area contributed by atoms with Gasteiger partial charge in [0.1, 0.15) is 0 Å². The van der Waals surface area contributed by atoms with Crippen LogP contribution >= 0.6 is 0 Å². The Hall–Kier alpha value is -2.29. The van der Waals surface area contributed by atoms with Crippen LogP contribution < -0.4 is 0 Å². The molecule has 0 bridgehead atoms. The number of carboxylic acids is 1. The Kier molecular flexibility index (Phi) is 6.05. The molecule has 0 aromatic heterocycles. The summed E-state index contributed by atoms with van der Waals surface area (Å²) in [5, 5.41) is 21.1. The van der Waals surface area contributed by atoms with E-state index in [9.17, 15) is 28.2 Å². The molecule has 1 aromatic rings. The molecule has 8 heteroatoms. The average molecular weight is 541 g/mol. The topological polar surface area (TPSA) is 118 Å². The molecule has 2 N–H and O–H groups in total. The molecule has 0 unspecified atom stereocenters. The van der Waals surface area contributed by atoms with E-state index in [1.807, 2.05) is 6.92 Å². The molecule has 0 aliphatic heterocycles. The average Bonchev–Trinajstić information content (AvgIpc) is 3.63. The molecule has 0 heterocycles. The van der Waals surface area contributed by atoms with Gasteiger partial charge in [0.15, 0.2) is 5.78 Å². The molecule has 4 saturated carbocycles. The summed E-state index contributed by atoms with van der Waals surface area (Å²) in [7, 11) is -3.94. The fraction of sp³-hybridized carbons (Fsp3) is 0.600. The van der Waals surface area contributed by atoms with Crippen LogP contribution in [0.3, 0.4) is 0 Å². The molecule has 5 aliphatic rings. The monoisotopic (exact) mass is 540 g/mol. The third kappa shape index (κ3) is 3.94. The summed E-state index contributed by atoms with van der Waals surface area (Å²) in [6.45, 7) is 4.01. The zero-order valence-electron chi connectivity index (χ0n) is 21.9. The SMILES string of the molecule is Cc1ccc(S(=O)(=O)OC[C@@H]2C[C@@H]3[C@H](CC[C@@]4(C)[C@H]3[C@@H]3C[C@@H]3[C@@]4(O)/C=C\C(=O)O)[C@H]3CCC(=O)C=C23)cc1. The first-order valence-electron chi connectivity index (χ1n) is 13.8. The van der Waals surface area contributed by atoms with Crippen molar-refractivity contribution in [2.24, 2.45) is 46.8 Å². The number of carboxylic acid groups (broad SMARTS) is 1. The van der Waals surface area contributed by atoms with Crippen LogP contribution in [0.4, 0.5) is 0 Å². The van der Waals surface area contributed by atoms with E-state index in [-0.39, 0.29) is 46.9 Å². The fourth-order valence-corrected chi connectivity index (χ4v) is 9.95. The highest BCUT2D eigenvalue weighted by molar-refractivity contribution is 7.86. The van der Waals surface area contributed by atoms with Gasteiger partial charge in [0, 0.05) is 23.8 Å². The van der Waals surface area contributed by atoms with Crippen LogP contribution in [0, 0.1) is 53.8 Å². The van der Waals surface area contributed by atoms with Crippen molar-refractivity contribution >= 4 is 21.9 Å². The molecular weight excluding hydrogens is 504 g/mol. The molecule has 5 aliphatic carbocycles. The minimum atomic E-state index is -3.94. The molecule has 204 valence electrons. The molecule has 0 radical (unpaired) electrons. The van der Waals surface area contributed by atoms with Crippen LogP contribution in [0.5, 0.6) is 0 Å². The second-order valence-corrected chi connectivity index (χ2v) is 14.2. The summed E-state index contributed by atoms with van der Waals surface area (Å²) in [4.78, 5) is 23.9. The van der Waals surface area contributed by atoms with Crippen molar-refractivity contribution in [3.8, 4) is 0 Å². The molecule has 38 heavy (non-hydrogen) atoms. The van der Waals surface area contributed by atoms with Gasteiger partial charge in [0.05, 0.1) is 17.1 Å². The Morgan fingerprint density at radius 3 is 2.58 bits per heavy atom. The van der Waals surface area contributed by atoms with Crippen molar-refractivity contribution < 1.29 is 32.4 Å². The molecular formula is C30H36O7S. The van der Waals surface area contributed by atoms with E-state index in [0.717, 1.165) is 42.9 Å². The number of benzene rings is 1. The number of rotatable bonds is 6. The molecule has 0 amide bonds. The highest BCUT2D eigenvalue weighted by Gasteiger charge is 2.75. The zero-order valence-corrected chi connectivity index (χ0v) is 22.7. The van der Waals surface area contributed by atoms with Gasteiger partial charge in [-0.1, -0.05) is 30.2 Å². The number of fused-ring (bicyclic) bond motifs is 7. The van der Waals surface area contributed by atoms with Crippen molar-refractivity contribution in [3.63, 3.8) is 0 Å². The first-order chi connectivity index (χ1) is 17.9. The maximum atomic E-state index is 13.0. The normalized spacial score (nSPS) is 41.6. The largest absolute Gasteiger partial charge is 0.478 e. The minimum Gasteiger partial charge on any atom is -0.478 e. The van der Waals surface area contributed by atoms with E-state index < -0.39 is 27.1 Å². The molecule has 6 rings (SSSR count). The highest BCUT2D eigenvalue weighted by Crippen LogP contribution is 2.76. The Labute approximate surface area is 224 Å². The Morgan fingerprint density at radius 1 is 1.13 bits per heavy atom. The van der Waals surface area contributed by atoms with Crippen LogP contribution in [-0.2, 0) is 23.9 Å². The smallest absolute Gasteiger partial charge is 0.328 e. The Morgan fingerprint density at radius 2 is 1.87 bits per heavy atom. The van der Waals surface area contributed by atoms with E-state index in [4.69, 9.17) is 4.18 Å². The zero-order chi connectivity index (χ0) is 27.0.